The minimum atomic E-state index is 0.686. The minimum absolute atomic E-state index is 0.686. The summed E-state index contributed by atoms with van der Waals surface area (Å²) in [7, 11) is 0. The number of ether oxygens (including phenoxy) is 2. The van der Waals surface area contributed by atoms with Crippen molar-refractivity contribution in [3.05, 3.63) is 23.3 Å². The van der Waals surface area contributed by atoms with Gasteiger partial charge in [-0.1, -0.05) is 38.8 Å². The maximum atomic E-state index is 5.71. The Morgan fingerprint density at radius 3 is 2.12 bits per heavy atom. The zero-order chi connectivity index (χ0) is 12.7. The van der Waals surface area contributed by atoms with E-state index in [4.69, 9.17) is 9.47 Å². The molecule has 0 aliphatic heterocycles. The third-order valence-electron chi connectivity index (χ3n) is 2.41. The van der Waals surface area contributed by atoms with Crippen molar-refractivity contribution >= 4 is 31.9 Å². The Morgan fingerprint density at radius 1 is 1.00 bits per heavy atom. The summed E-state index contributed by atoms with van der Waals surface area (Å²) >= 11 is 6.73. The van der Waals surface area contributed by atoms with E-state index in [1.54, 1.807) is 0 Å². The molecule has 0 saturated carbocycles. The Labute approximate surface area is 120 Å². The minimum Gasteiger partial charge on any atom is -0.492 e. The Hall–Kier alpha value is -0.220. The van der Waals surface area contributed by atoms with Crippen molar-refractivity contribution in [1.29, 1.82) is 0 Å². The smallest absolute Gasteiger partial charge is 0.123 e. The van der Waals surface area contributed by atoms with Gasteiger partial charge in [0.25, 0.3) is 0 Å². The van der Waals surface area contributed by atoms with Gasteiger partial charge in [-0.3, -0.25) is 0 Å². The number of aryl methyl sites for hydroxylation is 2. The van der Waals surface area contributed by atoms with E-state index >= 15 is 0 Å². The lowest BCUT2D eigenvalue weighted by Crippen LogP contribution is -2.04. The maximum Gasteiger partial charge on any atom is 0.123 e. The number of halogens is 2. The summed E-state index contributed by atoms with van der Waals surface area (Å²) in [6.07, 6.45) is 0.947. The molecule has 0 spiro atoms. The molecular formula is C13H18Br2O2. The summed E-state index contributed by atoms with van der Waals surface area (Å²) in [5, 5.41) is 1.69. The van der Waals surface area contributed by atoms with E-state index in [0.717, 1.165) is 34.1 Å². The fraction of sp³-hybridized carbons (Fsp3) is 0.538. The van der Waals surface area contributed by atoms with Crippen LogP contribution in [0.3, 0.4) is 0 Å². The summed E-state index contributed by atoms with van der Waals surface area (Å²) in [5.41, 5.74) is 2.31. The quantitative estimate of drug-likeness (QED) is 0.677. The van der Waals surface area contributed by atoms with Gasteiger partial charge in [-0.15, -0.1) is 0 Å². The van der Waals surface area contributed by atoms with Gasteiger partial charge in [0, 0.05) is 10.7 Å². The number of rotatable bonds is 7. The monoisotopic (exact) mass is 364 g/mol. The van der Waals surface area contributed by atoms with Crippen LogP contribution >= 0.6 is 31.9 Å². The zero-order valence-electron chi connectivity index (χ0n) is 10.3. The first-order chi connectivity index (χ1) is 8.22. The molecule has 0 aliphatic carbocycles. The van der Waals surface area contributed by atoms with Crippen molar-refractivity contribution in [2.75, 3.05) is 23.9 Å². The van der Waals surface area contributed by atoms with Crippen molar-refractivity contribution in [3.63, 3.8) is 0 Å². The first-order valence-electron chi connectivity index (χ1n) is 5.74. The van der Waals surface area contributed by atoms with E-state index < -0.39 is 0 Å². The van der Waals surface area contributed by atoms with Gasteiger partial charge in [-0.2, -0.15) is 0 Å². The summed E-state index contributed by atoms with van der Waals surface area (Å²) in [6.45, 7) is 5.55. The number of alkyl halides is 2. The Morgan fingerprint density at radius 2 is 1.59 bits per heavy atom. The van der Waals surface area contributed by atoms with Crippen molar-refractivity contribution in [2.45, 2.75) is 20.3 Å². The Bertz CT molecular complexity index is 354. The third-order valence-corrected chi connectivity index (χ3v) is 3.06. The molecule has 0 fully saturated rings. The highest BCUT2D eigenvalue weighted by Gasteiger charge is 2.08. The molecular weight excluding hydrogens is 348 g/mol. The fourth-order valence-electron chi connectivity index (χ4n) is 1.57. The maximum absolute atomic E-state index is 5.71. The van der Waals surface area contributed by atoms with Gasteiger partial charge in [0.05, 0.1) is 13.2 Å². The van der Waals surface area contributed by atoms with Gasteiger partial charge in [0.15, 0.2) is 0 Å². The van der Waals surface area contributed by atoms with Crippen LogP contribution in [0.2, 0.25) is 0 Å². The predicted octanol–water partition coefficient (Wildman–Crippen LogP) is 4.10. The Balaban J connectivity index is 2.89. The van der Waals surface area contributed by atoms with E-state index in [2.05, 4.69) is 50.9 Å². The second-order valence-corrected chi connectivity index (χ2v) is 5.24. The zero-order valence-corrected chi connectivity index (χ0v) is 13.4. The molecule has 0 bridgehead atoms. The molecule has 96 valence electrons. The lowest BCUT2D eigenvalue weighted by atomic mass is 10.1. The Kier molecular flexibility index (Phi) is 6.97. The molecule has 0 unspecified atom stereocenters. The van der Waals surface area contributed by atoms with Crippen LogP contribution < -0.4 is 9.47 Å². The van der Waals surface area contributed by atoms with Crippen LogP contribution in [0.1, 0.15) is 18.1 Å². The highest BCUT2D eigenvalue weighted by Crippen LogP contribution is 2.29. The van der Waals surface area contributed by atoms with Crippen LogP contribution in [-0.2, 0) is 6.42 Å². The van der Waals surface area contributed by atoms with Crippen LogP contribution in [0.15, 0.2) is 12.1 Å². The van der Waals surface area contributed by atoms with E-state index in [0.29, 0.717) is 13.2 Å². The predicted molar refractivity (Wildman–Crippen MR) is 79.1 cm³/mol. The molecule has 1 aromatic rings. The molecule has 0 N–H and O–H groups in total. The topological polar surface area (TPSA) is 18.5 Å². The lowest BCUT2D eigenvalue weighted by Gasteiger charge is -2.14. The molecule has 0 radical (unpaired) electrons. The molecule has 0 saturated heterocycles. The molecule has 0 amide bonds. The van der Waals surface area contributed by atoms with Crippen LogP contribution in [0.5, 0.6) is 11.5 Å². The van der Waals surface area contributed by atoms with E-state index in [-0.39, 0.29) is 0 Å². The van der Waals surface area contributed by atoms with Crippen molar-refractivity contribution < 1.29 is 9.47 Å². The molecule has 4 heteroatoms. The van der Waals surface area contributed by atoms with Crippen LogP contribution in [0, 0.1) is 6.92 Å². The normalized spacial score (nSPS) is 10.4. The van der Waals surface area contributed by atoms with Crippen LogP contribution in [0.4, 0.5) is 0 Å². The first-order valence-corrected chi connectivity index (χ1v) is 7.98. The fourth-order valence-corrected chi connectivity index (χ4v) is 1.89. The van der Waals surface area contributed by atoms with Gasteiger partial charge >= 0.3 is 0 Å². The average molecular weight is 366 g/mol. The van der Waals surface area contributed by atoms with E-state index in [9.17, 15) is 0 Å². The summed E-state index contributed by atoms with van der Waals surface area (Å²) in [6, 6.07) is 4.15. The largest absolute Gasteiger partial charge is 0.492 e. The van der Waals surface area contributed by atoms with Gasteiger partial charge in [0.1, 0.15) is 11.5 Å². The SMILES string of the molecule is CCc1cc(OCCBr)c(C)cc1OCCBr. The lowest BCUT2D eigenvalue weighted by molar-refractivity contribution is 0.330. The number of hydrogen-bond donors (Lipinski definition) is 0. The van der Waals surface area contributed by atoms with Gasteiger partial charge in [-0.25, -0.2) is 0 Å². The number of benzene rings is 1. The molecule has 0 heterocycles. The van der Waals surface area contributed by atoms with Gasteiger partial charge in [0.2, 0.25) is 0 Å². The molecule has 2 nitrogen and oxygen atoms in total. The second kappa shape index (κ2) is 7.98. The molecule has 1 aromatic carbocycles. The van der Waals surface area contributed by atoms with Crippen molar-refractivity contribution in [1.82, 2.24) is 0 Å². The highest BCUT2D eigenvalue weighted by atomic mass is 79.9. The summed E-state index contributed by atoms with van der Waals surface area (Å²) in [5.74, 6) is 1.92. The molecule has 0 aliphatic rings. The van der Waals surface area contributed by atoms with E-state index in [1.807, 2.05) is 6.92 Å². The molecule has 0 aromatic heterocycles. The summed E-state index contributed by atoms with van der Waals surface area (Å²) in [4.78, 5) is 0. The second-order valence-electron chi connectivity index (χ2n) is 3.65. The standard InChI is InChI=1S/C13H18Br2O2/c1-3-11-9-12(16-6-4-14)10(2)8-13(11)17-7-5-15/h8-9H,3-7H2,1-2H3. The summed E-state index contributed by atoms with van der Waals surface area (Å²) < 4.78 is 11.4. The highest BCUT2D eigenvalue weighted by molar-refractivity contribution is 9.09. The van der Waals surface area contributed by atoms with E-state index in [1.165, 1.54) is 5.56 Å². The number of hydrogen-bond acceptors (Lipinski definition) is 2. The van der Waals surface area contributed by atoms with Gasteiger partial charge in [-0.05, 0) is 36.6 Å². The third kappa shape index (κ3) is 4.51. The first kappa shape index (κ1) is 14.8. The van der Waals surface area contributed by atoms with Crippen LogP contribution in [-0.4, -0.2) is 23.9 Å². The van der Waals surface area contributed by atoms with Crippen molar-refractivity contribution in [3.8, 4) is 11.5 Å². The molecule has 0 atom stereocenters. The molecule has 1 rings (SSSR count). The van der Waals surface area contributed by atoms with Crippen LogP contribution in [0.25, 0.3) is 0 Å². The average Bonchev–Trinajstić information content (AvgIpc) is 2.35. The molecule has 17 heavy (non-hydrogen) atoms. The van der Waals surface area contributed by atoms with Crippen molar-refractivity contribution in [2.24, 2.45) is 0 Å². The van der Waals surface area contributed by atoms with Gasteiger partial charge < -0.3 is 9.47 Å².